The average Bonchev–Trinajstić information content (AvgIpc) is 2.72. The highest BCUT2D eigenvalue weighted by molar-refractivity contribution is 5.98. The van der Waals surface area contributed by atoms with Gasteiger partial charge in [-0.1, -0.05) is 42.5 Å². The molecule has 3 rings (SSSR count). The quantitative estimate of drug-likeness (QED) is 0.745. The lowest BCUT2D eigenvalue weighted by Gasteiger charge is -2.32. The number of benzene rings is 2. The fourth-order valence-electron chi connectivity index (χ4n) is 3.46. The normalized spacial score (nSPS) is 17.0. The van der Waals surface area contributed by atoms with Gasteiger partial charge in [-0.15, -0.1) is 0 Å². The number of likely N-dealkylation sites (tertiary alicyclic amines) is 1. The molecule has 0 aliphatic carbocycles. The number of ether oxygens (including phenoxy) is 1. The maximum absolute atomic E-state index is 12.7. The number of Topliss-reactive ketones (excluding diaryl/α,β-unsaturated/α-hetero) is 1. The molecule has 1 saturated heterocycles. The SMILES string of the molecule is COc1ccc(CCC(=O)N2CCCC(C(=O)c3ccccc3)C2)cc1. The van der Waals surface area contributed by atoms with E-state index in [1.165, 1.54) is 0 Å². The van der Waals surface area contributed by atoms with Crippen LogP contribution in [0.4, 0.5) is 0 Å². The Balaban J connectivity index is 1.54. The highest BCUT2D eigenvalue weighted by Gasteiger charge is 2.28. The van der Waals surface area contributed by atoms with E-state index in [4.69, 9.17) is 4.74 Å². The first kappa shape index (κ1) is 18.2. The van der Waals surface area contributed by atoms with Crippen molar-refractivity contribution in [2.45, 2.75) is 25.7 Å². The highest BCUT2D eigenvalue weighted by Crippen LogP contribution is 2.22. The summed E-state index contributed by atoms with van der Waals surface area (Å²) in [6.07, 6.45) is 2.92. The van der Waals surface area contributed by atoms with Gasteiger partial charge in [0.05, 0.1) is 7.11 Å². The van der Waals surface area contributed by atoms with E-state index in [0.29, 0.717) is 19.4 Å². The molecule has 1 aliphatic rings. The van der Waals surface area contributed by atoms with Gasteiger partial charge in [-0.25, -0.2) is 0 Å². The summed E-state index contributed by atoms with van der Waals surface area (Å²) in [6.45, 7) is 1.29. The van der Waals surface area contributed by atoms with E-state index in [1.807, 2.05) is 59.5 Å². The highest BCUT2D eigenvalue weighted by atomic mass is 16.5. The van der Waals surface area contributed by atoms with Crippen LogP contribution in [0.3, 0.4) is 0 Å². The predicted molar refractivity (Wildman–Crippen MR) is 101 cm³/mol. The standard InChI is InChI=1S/C22H25NO3/c1-26-20-12-9-17(10-13-20)11-14-21(24)23-15-5-8-19(16-23)22(25)18-6-3-2-4-7-18/h2-4,6-7,9-10,12-13,19H,5,8,11,14-16H2,1H3. The molecule has 0 bridgehead atoms. The van der Waals surface area contributed by atoms with Crippen LogP contribution in [0.25, 0.3) is 0 Å². The molecule has 0 spiro atoms. The third kappa shape index (κ3) is 4.51. The van der Waals surface area contributed by atoms with Crippen molar-refractivity contribution in [1.29, 1.82) is 0 Å². The molecule has 1 unspecified atom stereocenters. The Morgan fingerprint density at radius 1 is 1.08 bits per heavy atom. The molecule has 1 heterocycles. The minimum Gasteiger partial charge on any atom is -0.497 e. The van der Waals surface area contributed by atoms with Crippen LogP contribution in [0, 0.1) is 5.92 Å². The third-order valence-electron chi connectivity index (χ3n) is 4.99. The fourth-order valence-corrected chi connectivity index (χ4v) is 3.46. The second-order valence-electron chi connectivity index (χ2n) is 6.76. The van der Waals surface area contributed by atoms with Crippen LogP contribution in [-0.2, 0) is 11.2 Å². The van der Waals surface area contributed by atoms with Gasteiger partial charge in [-0.05, 0) is 37.0 Å². The predicted octanol–water partition coefficient (Wildman–Crippen LogP) is 3.75. The van der Waals surface area contributed by atoms with Gasteiger partial charge in [0.1, 0.15) is 5.75 Å². The maximum atomic E-state index is 12.7. The minimum absolute atomic E-state index is 0.0870. The number of carbonyl (C=O) groups excluding carboxylic acids is 2. The zero-order chi connectivity index (χ0) is 18.4. The molecule has 4 heteroatoms. The lowest BCUT2D eigenvalue weighted by molar-refractivity contribution is -0.132. The zero-order valence-electron chi connectivity index (χ0n) is 15.2. The van der Waals surface area contributed by atoms with Crippen molar-refractivity contribution in [3.8, 4) is 5.75 Å². The number of piperidine rings is 1. The van der Waals surface area contributed by atoms with Crippen molar-refractivity contribution >= 4 is 11.7 Å². The maximum Gasteiger partial charge on any atom is 0.222 e. The number of hydrogen-bond acceptors (Lipinski definition) is 3. The molecule has 26 heavy (non-hydrogen) atoms. The van der Waals surface area contributed by atoms with E-state index in [2.05, 4.69) is 0 Å². The Labute approximate surface area is 154 Å². The topological polar surface area (TPSA) is 46.6 Å². The third-order valence-corrected chi connectivity index (χ3v) is 4.99. The Hall–Kier alpha value is -2.62. The first-order chi connectivity index (χ1) is 12.7. The second-order valence-corrected chi connectivity index (χ2v) is 6.76. The monoisotopic (exact) mass is 351 g/mol. The number of carbonyl (C=O) groups is 2. The van der Waals surface area contributed by atoms with Crippen molar-refractivity contribution in [3.05, 3.63) is 65.7 Å². The van der Waals surface area contributed by atoms with Crippen LogP contribution < -0.4 is 4.74 Å². The molecule has 2 aromatic carbocycles. The van der Waals surface area contributed by atoms with E-state index in [-0.39, 0.29) is 17.6 Å². The summed E-state index contributed by atoms with van der Waals surface area (Å²) in [4.78, 5) is 27.1. The molecule has 0 radical (unpaired) electrons. The van der Waals surface area contributed by atoms with Crippen molar-refractivity contribution in [1.82, 2.24) is 4.90 Å². The lowest BCUT2D eigenvalue weighted by Crippen LogP contribution is -2.42. The van der Waals surface area contributed by atoms with Gasteiger partial charge in [0.25, 0.3) is 0 Å². The van der Waals surface area contributed by atoms with Crippen LogP contribution in [0.1, 0.15) is 35.2 Å². The van der Waals surface area contributed by atoms with Crippen LogP contribution in [0.15, 0.2) is 54.6 Å². The number of rotatable bonds is 6. The van der Waals surface area contributed by atoms with Gasteiger partial charge in [0.15, 0.2) is 5.78 Å². The van der Waals surface area contributed by atoms with Crippen LogP contribution in [0.2, 0.25) is 0 Å². The van der Waals surface area contributed by atoms with E-state index < -0.39 is 0 Å². The molecule has 136 valence electrons. The van der Waals surface area contributed by atoms with Crippen molar-refractivity contribution < 1.29 is 14.3 Å². The molecule has 2 aromatic rings. The molecule has 1 fully saturated rings. The number of hydrogen-bond donors (Lipinski definition) is 0. The van der Waals surface area contributed by atoms with Gasteiger partial charge in [-0.3, -0.25) is 9.59 Å². The average molecular weight is 351 g/mol. The van der Waals surface area contributed by atoms with Gasteiger partial charge >= 0.3 is 0 Å². The number of amides is 1. The number of ketones is 1. The Bertz CT molecular complexity index is 740. The molecule has 0 N–H and O–H groups in total. The summed E-state index contributed by atoms with van der Waals surface area (Å²) >= 11 is 0. The number of nitrogens with zero attached hydrogens (tertiary/aromatic N) is 1. The van der Waals surface area contributed by atoms with Gasteiger partial charge in [-0.2, -0.15) is 0 Å². The second kappa shape index (κ2) is 8.65. The van der Waals surface area contributed by atoms with Gasteiger partial charge < -0.3 is 9.64 Å². The van der Waals surface area contributed by atoms with E-state index in [9.17, 15) is 9.59 Å². The fraction of sp³-hybridized carbons (Fsp3) is 0.364. The number of methoxy groups -OCH3 is 1. The first-order valence-electron chi connectivity index (χ1n) is 9.17. The van der Waals surface area contributed by atoms with Crippen LogP contribution in [0.5, 0.6) is 5.75 Å². The van der Waals surface area contributed by atoms with Crippen molar-refractivity contribution in [2.75, 3.05) is 20.2 Å². The van der Waals surface area contributed by atoms with E-state index >= 15 is 0 Å². The summed E-state index contributed by atoms with van der Waals surface area (Å²) < 4.78 is 5.15. The lowest BCUT2D eigenvalue weighted by atomic mass is 9.90. The Morgan fingerprint density at radius 2 is 1.81 bits per heavy atom. The largest absolute Gasteiger partial charge is 0.497 e. The van der Waals surface area contributed by atoms with Crippen molar-refractivity contribution in [2.24, 2.45) is 5.92 Å². The van der Waals surface area contributed by atoms with Gasteiger partial charge in [0, 0.05) is 31.0 Å². The molecule has 1 aliphatic heterocycles. The summed E-state index contributed by atoms with van der Waals surface area (Å²) in [5.74, 6) is 1.01. The Kier molecular flexibility index (Phi) is 6.05. The molecule has 1 amide bonds. The van der Waals surface area contributed by atoms with E-state index in [1.54, 1.807) is 7.11 Å². The zero-order valence-corrected chi connectivity index (χ0v) is 15.2. The smallest absolute Gasteiger partial charge is 0.222 e. The molecular weight excluding hydrogens is 326 g/mol. The van der Waals surface area contributed by atoms with Crippen molar-refractivity contribution in [3.63, 3.8) is 0 Å². The Morgan fingerprint density at radius 3 is 2.50 bits per heavy atom. The van der Waals surface area contributed by atoms with Crippen LogP contribution >= 0.6 is 0 Å². The molecule has 0 aromatic heterocycles. The molecule has 0 saturated carbocycles. The summed E-state index contributed by atoms with van der Waals surface area (Å²) in [7, 11) is 1.64. The summed E-state index contributed by atoms with van der Waals surface area (Å²) in [5, 5.41) is 0. The molecular formula is C22H25NO3. The van der Waals surface area contributed by atoms with Gasteiger partial charge in [0.2, 0.25) is 5.91 Å². The summed E-state index contributed by atoms with van der Waals surface area (Å²) in [5.41, 5.74) is 1.86. The first-order valence-corrected chi connectivity index (χ1v) is 9.17. The number of aryl methyl sites for hydroxylation is 1. The molecule has 1 atom stereocenters. The van der Waals surface area contributed by atoms with Crippen LogP contribution in [-0.4, -0.2) is 36.8 Å². The molecule has 4 nitrogen and oxygen atoms in total. The summed E-state index contributed by atoms with van der Waals surface area (Å²) in [6, 6.07) is 17.2. The van der Waals surface area contributed by atoms with E-state index in [0.717, 1.165) is 36.3 Å². The minimum atomic E-state index is -0.0870.